The molecule has 0 saturated heterocycles. The average molecular weight is 249 g/mol. The van der Waals surface area contributed by atoms with Crippen LogP contribution in [0.5, 0.6) is 5.75 Å². The zero-order valence-electron chi connectivity index (χ0n) is 10.3. The smallest absolute Gasteiger partial charge is 0.310 e. The van der Waals surface area contributed by atoms with E-state index in [1.807, 2.05) is 6.92 Å². The maximum absolute atomic E-state index is 10.8. The summed E-state index contributed by atoms with van der Waals surface area (Å²) in [5.74, 6) is 0.168. The number of likely N-dealkylation sites (N-methyl/N-ethyl adjacent to an activating group) is 1. The summed E-state index contributed by atoms with van der Waals surface area (Å²) in [7, 11) is 0. The molecular weight excluding hydrogens is 234 g/mol. The summed E-state index contributed by atoms with van der Waals surface area (Å²) in [4.78, 5) is 10.3. The molecule has 0 fully saturated rings. The molecule has 1 aromatic rings. The van der Waals surface area contributed by atoms with E-state index < -0.39 is 10.5 Å². The highest BCUT2D eigenvalue weighted by Crippen LogP contribution is 2.26. The minimum absolute atomic E-state index is 0.0438. The number of nitrogens with one attached hydrogen (secondary N) is 1. The maximum Gasteiger partial charge on any atom is 0.310 e. The Morgan fingerprint density at radius 1 is 1.56 bits per heavy atom. The molecule has 0 heterocycles. The molecular formula is C12H15N3O3. The Balaban J connectivity index is 2.81. The van der Waals surface area contributed by atoms with Crippen LogP contribution in [0.4, 0.5) is 5.69 Å². The van der Waals surface area contributed by atoms with Crippen LogP contribution in [-0.2, 0) is 0 Å². The fourth-order valence-corrected chi connectivity index (χ4v) is 1.47. The lowest BCUT2D eigenvalue weighted by Gasteiger charge is -2.22. The van der Waals surface area contributed by atoms with E-state index in [0.29, 0.717) is 6.54 Å². The number of para-hydroxylation sites is 2. The Hall–Kier alpha value is -2.13. The number of nitriles is 1. The Morgan fingerprint density at radius 3 is 2.78 bits per heavy atom. The minimum atomic E-state index is -0.863. The molecule has 18 heavy (non-hydrogen) atoms. The van der Waals surface area contributed by atoms with E-state index in [-0.39, 0.29) is 18.0 Å². The predicted octanol–water partition coefficient (Wildman–Crippen LogP) is 1.87. The van der Waals surface area contributed by atoms with Crippen molar-refractivity contribution in [3.05, 3.63) is 34.4 Å². The lowest BCUT2D eigenvalue weighted by molar-refractivity contribution is -0.385. The third-order valence-electron chi connectivity index (χ3n) is 2.39. The molecule has 1 atom stereocenters. The van der Waals surface area contributed by atoms with E-state index in [9.17, 15) is 10.1 Å². The minimum Gasteiger partial charge on any atom is -0.484 e. The first-order chi connectivity index (χ1) is 8.52. The molecule has 0 spiro atoms. The number of hydrogen-bond donors (Lipinski definition) is 1. The van der Waals surface area contributed by atoms with Gasteiger partial charge in [-0.25, -0.2) is 0 Å². The molecule has 0 saturated carbocycles. The molecule has 1 unspecified atom stereocenters. The summed E-state index contributed by atoms with van der Waals surface area (Å²) in [5.41, 5.74) is -0.965. The number of ether oxygens (including phenoxy) is 1. The maximum atomic E-state index is 10.8. The van der Waals surface area contributed by atoms with Gasteiger partial charge < -0.3 is 4.74 Å². The van der Waals surface area contributed by atoms with Gasteiger partial charge in [-0.3, -0.25) is 15.4 Å². The van der Waals surface area contributed by atoms with Crippen LogP contribution in [0.2, 0.25) is 0 Å². The monoisotopic (exact) mass is 249 g/mol. The van der Waals surface area contributed by atoms with Crippen LogP contribution in [0.25, 0.3) is 0 Å². The number of rotatable bonds is 6. The first kappa shape index (κ1) is 13.9. The second-order valence-electron chi connectivity index (χ2n) is 3.99. The number of benzene rings is 1. The highest BCUT2D eigenvalue weighted by atomic mass is 16.6. The zero-order valence-corrected chi connectivity index (χ0v) is 10.3. The predicted molar refractivity (Wildman–Crippen MR) is 66.3 cm³/mol. The normalized spacial score (nSPS) is 13.4. The van der Waals surface area contributed by atoms with Crippen LogP contribution in [0.3, 0.4) is 0 Å². The van der Waals surface area contributed by atoms with Crippen molar-refractivity contribution in [2.75, 3.05) is 13.2 Å². The van der Waals surface area contributed by atoms with Crippen molar-refractivity contribution < 1.29 is 9.66 Å². The Labute approximate surface area is 105 Å². The van der Waals surface area contributed by atoms with Gasteiger partial charge in [0.2, 0.25) is 0 Å². The number of nitro benzene ring substituents is 1. The summed E-state index contributed by atoms with van der Waals surface area (Å²) in [6.45, 7) is 4.22. The van der Waals surface area contributed by atoms with Crippen molar-refractivity contribution in [2.24, 2.45) is 0 Å². The van der Waals surface area contributed by atoms with Gasteiger partial charge >= 0.3 is 5.69 Å². The lowest BCUT2D eigenvalue weighted by Crippen LogP contribution is -2.46. The molecule has 0 aliphatic carbocycles. The second kappa shape index (κ2) is 5.98. The first-order valence-corrected chi connectivity index (χ1v) is 5.55. The number of nitro groups is 1. The van der Waals surface area contributed by atoms with Crippen molar-refractivity contribution >= 4 is 5.69 Å². The number of hydrogen-bond acceptors (Lipinski definition) is 5. The summed E-state index contributed by atoms with van der Waals surface area (Å²) in [6, 6.07) is 8.20. The molecule has 1 N–H and O–H groups in total. The third-order valence-corrected chi connectivity index (χ3v) is 2.39. The van der Waals surface area contributed by atoms with Crippen molar-refractivity contribution in [3.8, 4) is 11.8 Å². The Morgan fingerprint density at radius 2 is 2.22 bits per heavy atom. The van der Waals surface area contributed by atoms with E-state index in [1.54, 1.807) is 19.1 Å². The van der Waals surface area contributed by atoms with E-state index in [1.165, 1.54) is 12.1 Å². The fourth-order valence-electron chi connectivity index (χ4n) is 1.47. The van der Waals surface area contributed by atoms with Gasteiger partial charge in [-0.2, -0.15) is 5.26 Å². The molecule has 0 aromatic heterocycles. The highest BCUT2D eigenvalue weighted by Gasteiger charge is 2.25. The fraction of sp³-hybridized carbons (Fsp3) is 0.417. The molecule has 96 valence electrons. The standard InChI is InChI=1S/C12H15N3O3/c1-3-14-12(2,8-13)9-18-11-7-5-4-6-10(11)15(16)17/h4-7,14H,3,9H2,1-2H3. The van der Waals surface area contributed by atoms with E-state index in [0.717, 1.165) is 0 Å². The van der Waals surface area contributed by atoms with Gasteiger partial charge in [0.25, 0.3) is 0 Å². The second-order valence-corrected chi connectivity index (χ2v) is 3.99. The largest absolute Gasteiger partial charge is 0.484 e. The molecule has 1 aromatic carbocycles. The quantitative estimate of drug-likeness (QED) is 0.614. The Bertz CT molecular complexity index is 470. The molecule has 0 bridgehead atoms. The SMILES string of the molecule is CCNC(C)(C#N)COc1ccccc1[N+](=O)[O-]. The summed E-state index contributed by atoms with van der Waals surface area (Å²) < 4.78 is 5.38. The van der Waals surface area contributed by atoms with Crippen molar-refractivity contribution in [3.63, 3.8) is 0 Å². The van der Waals surface area contributed by atoms with Gasteiger partial charge in [0.1, 0.15) is 12.1 Å². The van der Waals surface area contributed by atoms with Crippen molar-refractivity contribution in [2.45, 2.75) is 19.4 Å². The van der Waals surface area contributed by atoms with E-state index >= 15 is 0 Å². The lowest BCUT2D eigenvalue weighted by atomic mass is 10.1. The molecule has 1 rings (SSSR count). The summed E-state index contributed by atoms with van der Waals surface area (Å²) >= 11 is 0. The van der Waals surface area contributed by atoms with Crippen LogP contribution in [0.15, 0.2) is 24.3 Å². The Kier molecular flexibility index (Phi) is 4.63. The molecule has 6 heteroatoms. The molecule has 6 nitrogen and oxygen atoms in total. The highest BCUT2D eigenvalue weighted by molar-refractivity contribution is 5.45. The van der Waals surface area contributed by atoms with Crippen LogP contribution >= 0.6 is 0 Å². The van der Waals surface area contributed by atoms with Gasteiger partial charge in [-0.1, -0.05) is 19.1 Å². The topological polar surface area (TPSA) is 88.2 Å². The van der Waals surface area contributed by atoms with Gasteiger partial charge in [0, 0.05) is 6.07 Å². The summed E-state index contributed by atoms with van der Waals surface area (Å²) in [5, 5.41) is 22.8. The van der Waals surface area contributed by atoms with Crippen LogP contribution in [-0.4, -0.2) is 23.6 Å². The van der Waals surface area contributed by atoms with Gasteiger partial charge in [0.05, 0.1) is 11.0 Å². The van der Waals surface area contributed by atoms with Gasteiger partial charge in [-0.05, 0) is 19.5 Å². The van der Waals surface area contributed by atoms with E-state index in [2.05, 4.69) is 11.4 Å². The number of nitrogens with zero attached hydrogens (tertiary/aromatic N) is 2. The average Bonchev–Trinajstić information content (AvgIpc) is 2.37. The molecule has 0 aliphatic rings. The van der Waals surface area contributed by atoms with Crippen LogP contribution in [0.1, 0.15) is 13.8 Å². The summed E-state index contributed by atoms with van der Waals surface area (Å²) in [6.07, 6.45) is 0. The van der Waals surface area contributed by atoms with E-state index in [4.69, 9.17) is 10.00 Å². The molecule has 0 aliphatic heterocycles. The van der Waals surface area contributed by atoms with Crippen LogP contribution in [0, 0.1) is 21.4 Å². The third kappa shape index (κ3) is 3.43. The van der Waals surface area contributed by atoms with Crippen LogP contribution < -0.4 is 10.1 Å². The molecule has 0 amide bonds. The first-order valence-electron chi connectivity index (χ1n) is 5.55. The van der Waals surface area contributed by atoms with Gasteiger partial charge in [-0.15, -0.1) is 0 Å². The van der Waals surface area contributed by atoms with Gasteiger partial charge in [0.15, 0.2) is 5.75 Å². The van der Waals surface area contributed by atoms with Crippen molar-refractivity contribution in [1.82, 2.24) is 5.32 Å². The zero-order chi connectivity index (χ0) is 13.6. The van der Waals surface area contributed by atoms with Crippen molar-refractivity contribution in [1.29, 1.82) is 5.26 Å². The molecule has 0 radical (unpaired) electrons.